The van der Waals surface area contributed by atoms with Gasteiger partial charge >= 0.3 is 0 Å². The van der Waals surface area contributed by atoms with E-state index in [-0.39, 0.29) is 19.4 Å². The van der Waals surface area contributed by atoms with Crippen molar-refractivity contribution in [3.8, 4) is 0 Å². The summed E-state index contributed by atoms with van der Waals surface area (Å²) in [6.45, 7) is 1.69. The third-order valence-corrected chi connectivity index (χ3v) is 7.12. The molecule has 2 aromatic heterocycles. The zero-order chi connectivity index (χ0) is 21.8. The van der Waals surface area contributed by atoms with Crippen LogP contribution in [0.2, 0.25) is 0 Å². The zero-order valence-electron chi connectivity index (χ0n) is 19.2. The van der Waals surface area contributed by atoms with Crippen LogP contribution in [0, 0.1) is 0 Å². The number of H-pyrrole nitrogens is 1. The minimum Gasteiger partial charge on any atom is -0.367 e. The number of piperidine rings is 1. The minimum atomic E-state index is 0. The number of hydrogen-bond donors (Lipinski definition) is 2. The monoisotopic (exact) mass is 465 g/mol. The zero-order valence-corrected chi connectivity index (χ0v) is 20.2. The SMILES string of the molecule is O=C(CCc1[nH]nc2ccnc(NC3CCCCC3)c12)N1CCC[C@@H](c2ccccc2)C1.S. The molecule has 6 nitrogen and oxygen atoms in total. The van der Waals surface area contributed by atoms with E-state index in [0.29, 0.717) is 24.8 Å². The Hall–Kier alpha value is -2.54. The Morgan fingerprint density at radius 1 is 1.06 bits per heavy atom. The quantitative estimate of drug-likeness (QED) is 0.528. The molecular weight excluding hydrogens is 430 g/mol. The van der Waals surface area contributed by atoms with Gasteiger partial charge in [0.15, 0.2) is 0 Å². The first-order valence-electron chi connectivity index (χ1n) is 12.2. The van der Waals surface area contributed by atoms with Crippen LogP contribution in [0.1, 0.15) is 68.5 Å². The number of amides is 1. The van der Waals surface area contributed by atoms with Crippen LogP contribution < -0.4 is 5.32 Å². The van der Waals surface area contributed by atoms with Gasteiger partial charge in [-0.1, -0.05) is 49.6 Å². The molecule has 0 unspecified atom stereocenters. The number of rotatable bonds is 6. The number of anilines is 1. The predicted octanol–water partition coefficient (Wildman–Crippen LogP) is 5.15. The number of nitrogens with zero attached hydrogens (tertiary/aromatic N) is 3. The molecule has 33 heavy (non-hydrogen) atoms. The Morgan fingerprint density at radius 2 is 1.88 bits per heavy atom. The number of carbonyl (C=O) groups is 1. The summed E-state index contributed by atoms with van der Waals surface area (Å²) in [6.07, 6.45) is 11.5. The van der Waals surface area contributed by atoms with E-state index in [1.165, 1.54) is 37.7 Å². The van der Waals surface area contributed by atoms with Crippen LogP contribution in [0.4, 0.5) is 5.82 Å². The second-order valence-corrected chi connectivity index (χ2v) is 9.32. The number of hydrogen-bond acceptors (Lipinski definition) is 4. The number of benzene rings is 1. The van der Waals surface area contributed by atoms with E-state index < -0.39 is 0 Å². The van der Waals surface area contributed by atoms with Crippen molar-refractivity contribution in [2.75, 3.05) is 18.4 Å². The molecule has 3 aromatic rings. The molecule has 2 fully saturated rings. The van der Waals surface area contributed by atoms with Crippen molar-refractivity contribution in [3.63, 3.8) is 0 Å². The van der Waals surface area contributed by atoms with Crippen LogP contribution in [-0.4, -0.2) is 45.1 Å². The molecule has 1 saturated carbocycles. The van der Waals surface area contributed by atoms with Crippen LogP contribution >= 0.6 is 13.5 Å². The van der Waals surface area contributed by atoms with Crippen molar-refractivity contribution in [2.45, 2.75) is 69.7 Å². The fraction of sp³-hybridized carbons (Fsp3) is 0.500. The second kappa shape index (κ2) is 11.1. The maximum absolute atomic E-state index is 13.1. The molecule has 2 aliphatic rings. The molecule has 0 bridgehead atoms. The molecule has 7 heteroatoms. The van der Waals surface area contributed by atoms with Gasteiger partial charge in [0.25, 0.3) is 0 Å². The Bertz CT molecular complexity index is 1050. The summed E-state index contributed by atoms with van der Waals surface area (Å²) >= 11 is 0. The summed E-state index contributed by atoms with van der Waals surface area (Å²) in [5.74, 6) is 1.59. The van der Waals surface area contributed by atoms with Crippen LogP contribution in [0.3, 0.4) is 0 Å². The summed E-state index contributed by atoms with van der Waals surface area (Å²) in [6, 6.07) is 13.0. The average Bonchev–Trinajstić information content (AvgIpc) is 3.28. The van der Waals surface area contributed by atoms with E-state index in [0.717, 1.165) is 48.3 Å². The normalized spacial score (nSPS) is 19.3. The molecule has 176 valence electrons. The number of carbonyl (C=O) groups excluding carboxylic acids is 1. The van der Waals surface area contributed by atoms with Crippen LogP contribution in [0.25, 0.3) is 10.9 Å². The van der Waals surface area contributed by atoms with Crippen molar-refractivity contribution >= 4 is 36.1 Å². The highest BCUT2D eigenvalue weighted by molar-refractivity contribution is 7.59. The van der Waals surface area contributed by atoms with Crippen molar-refractivity contribution in [1.29, 1.82) is 0 Å². The van der Waals surface area contributed by atoms with Crippen molar-refractivity contribution in [2.24, 2.45) is 0 Å². The van der Waals surface area contributed by atoms with Crippen molar-refractivity contribution < 1.29 is 4.79 Å². The Kier molecular flexibility index (Phi) is 7.91. The van der Waals surface area contributed by atoms with Crippen LogP contribution in [0.15, 0.2) is 42.6 Å². The molecule has 0 radical (unpaired) electrons. The highest BCUT2D eigenvalue weighted by Gasteiger charge is 2.25. The highest BCUT2D eigenvalue weighted by atomic mass is 32.1. The third-order valence-electron chi connectivity index (χ3n) is 7.12. The maximum Gasteiger partial charge on any atom is 0.222 e. The fourth-order valence-electron chi connectivity index (χ4n) is 5.35. The van der Waals surface area contributed by atoms with E-state index in [4.69, 9.17) is 0 Å². The summed E-state index contributed by atoms with van der Waals surface area (Å²) in [7, 11) is 0. The molecule has 1 amide bonds. The van der Waals surface area contributed by atoms with E-state index >= 15 is 0 Å². The van der Waals surface area contributed by atoms with Crippen LogP contribution in [0.5, 0.6) is 0 Å². The summed E-state index contributed by atoms with van der Waals surface area (Å²) < 4.78 is 0. The molecule has 1 aliphatic heterocycles. The summed E-state index contributed by atoms with van der Waals surface area (Å²) in [4.78, 5) is 19.8. The van der Waals surface area contributed by atoms with Gasteiger partial charge in [0.1, 0.15) is 5.82 Å². The van der Waals surface area contributed by atoms with E-state index in [2.05, 4.69) is 55.7 Å². The smallest absolute Gasteiger partial charge is 0.222 e. The standard InChI is InChI=1S/C26H33N5O.H2S/c32-24(31-17-7-10-20(18-31)19-8-3-1-4-9-19)14-13-22-25-23(30-29-22)15-16-27-26(25)28-21-11-5-2-6-12-21;/h1,3-4,8-9,15-16,20-21H,2,5-7,10-14,17-18H2,(H,27,28)(H,29,30);1H2/t20-;/m1./s1. The van der Waals surface area contributed by atoms with Gasteiger partial charge in [-0.05, 0) is 43.7 Å². The Balaban J connectivity index is 0.00000259. The van der Waals surface area contributed by atoms with Gasteiger partial charge < -0.3 is 10.2 Å². The lowest BCUT2D eigenvalue weighted by molar-refractivity contribution is -0.132. The maximum atomic E-state index is 13.1. The van der Waals surface area contributed by atoms with E-state index in [1.54, 1.807) is 0 Å². The summed E-state index contributed by atoms with van der Waals surface area (Å²) in [5, 5.41) is 12.4. The lowest BCUT2D eigenvalue weighted by atomic mass is 9.90. The van der Waals surface area contributed by atoms with Crippen molar-refractivity contribution in [1.82, 2.24) is 20.1 Å². The van der Waals surface area contributed by atoms with Gasteiger partial charge in [-0.3, -0.25) is 9.89 Å². The molecular formula is C26H35N5OS. The molecule has 1 aliphatic carbocycles. The van der Waals surface area contributed by atoms with Crippen molar-refractivity contribution in [3.05, 3.63) is 53.9 Å². The number of aryl methyl sites for hydroxylation is 1. The summed E-state index contributed by atoms with van der Waals surface area (Å²) in [5.41, 5.74) is 3.27. The first kappa shape index (κ1) is 23.6. The largest absolute Gasteiger partial charge is 0.367 e. The molecule has 3 heterocycles. The highest BCUT2D eigenvalue weighted by Crippen LogP contribution is 2.29. The Labute approximate surface area is 203 Å². The lowest BCUT2D eigenvalue weighted by Gasteiger charge is -2.33. The van der Waals surface area contributed by atoms with Gasteiger partial charge in [-0.25, -0.2) is 4.98 Å². The fourth-order valence-corrected chi connectivity index (χ4v) is 5.35. The first-order chi connectivity index (χ1) is 15.8. The van der Waals surface area contributed by atoms with E-state index in [1.807, 2.05) is 12.3 Å². The molecule has 5 rings (SSSR count). The van der Waals surface area contributed by atoms with Gasteiger partial charge in [0, 0.05) is 43.4 Å². The molecule has 2 N–H and O–H groups in total. The number of aromatic amines is 1. The van der Waals surface area contributed by atoms with Gasteiger partial charge in [-0.15, -0.1) is 0 Å². The number of pyridine rings is 1. The minimum absolute atomic E-state index is 0. The first-order valence-corrected chi connectivity index (χ1v) is 12.2. The molecule has 1 saturated heterocycles. The molecule has 1 aromatic carbocycles. The van der Waals surface area contributed by atoms with Gasteiger partial charge in [0.05, 0.1) is 10.9 Å². The van der Waals surface area contributed by atoms with E-state index in [9.17, 15) is 4.79 Å². The number of likely N-dealkylation sites (tertiary alicyclic amines) is 1. The second-order valence-electron chi connectivity index (χ2n) is 9.32. The predicted molar refractivity (Wildman–Crippen MR) is 138 cm³/mol. The number of aromatic nitrogens is 3. The number of fused-ring (bicyclic) bond motifs is 1. The lowest BCUT2D eigenvalue weighted by Crippen LogP contribution is -2.39. The van der Waals surface area contributed by atoms with Crippen LogP contribution in [-0.2, 0) is 11.2 Å². The van der Waals surface area contributed by atoms with Gasteiger partial charge in [0.2, 0.25) is 5.91 Å². The molecule has 1 atom stereocenters. The average molecular weight is 466 g/mol. The van der Waals surface area contributed by atoms with Gasteiger partial charge in [-0.2, -0.15) is 18.6 Å². The topological polar surface area (TPSA) is 73.9 Å². The number of nitrogens with one attached hydrogen (secondary N) is 2. The Morgan fingerprint density at radius 3 is 2.70 bits per heavy atom. The molecule has 0 spiro atoms. The third kappa shape index (κ3) is 5.52.